The van der Waals surface area contributed by atoms with E-state index in [0.717, 1.165) is 38.2 Å². The summed E-state index contributed by atoms with van der Waals surface area (Å²) in [6.07, 6.45) is 4.07. The van der Waals surface area contributed by atoms with Gasteiger partial charge in [0.1, 0.15) is 5.76 Å². The number of rotatable bonds is 4. The van der Waals surface area contributed by atoms with Crippen molar-refractivity contribution in [1.29, 1.82) is 0 Å². The zero-order valence-electron chi connectivity index (χ0n) is 12.1. The lowest BCUT2D eigenvalue weighted by Gasteiger charge is -2.17. The van der Waals surface area contributed by atoms with Gasteiger partial charge in [-0.3, -0.25) is 4.90 Å². The third-order valence-electron chi connectivity index (χ3n) is 4.32. The number of aromatic nitrogens is 2. The van der Waals surface area contributed by atoms with Crippen LogP contribution >= 0.6 is 0 Å². The van der Waals surface area contributed by atoms with Crippen molar-refractivity contribution in [2.24, 2.45) is 5.92 Å². The van der Waals surface area contributed by atoms with Crippen LogP contribution in [-0.2, 0) is 17.7 Å². The third-order valence-corrected chi connectivity index (χ3v) is 4.32. The molecule has 2 aliphatic rings. The molecule has 0 bridgehead atoms. The molecule has 3 atom stereocenters. The van der Waals surface area contributed by atoms with Gasteiger partial charge < -0.3 is 13.6 Å². The first kappa shape index (κ1) is 13.0. The Kier molecular flexibility index (Phi) is 3.27. The number of furan rings is 1. The van der Waals surface area contributed by atoms with Gasteiger partial charge in [-0.15, -0.1) is 10.2 Å². The van der Waals surface area contributed by atoms with E-state index in [0.29, 0.717) is 23.8 Å². The van der Waals surface area contributed by atoms with Crippen molar-refractivity contribution in [3.63, 3.8) is 0 Å². The van der Waals surface area contributed by atoms with Crippen LogP contribution < -0.4 is 0 Å². The molecule has 4 rings (SSSR count). The Morgan fingerprint density at radius 3 is 3.00 bits per heavy atom. The molecule has 112 valence electrons. The molecule has 2 fully saturated rings. The Morgan fingerprint density at radius 1 is 1.33 bits per heavy atom. The van der Waals surface area contributed by atoms with Gasteiger partial charge in [-0.1, -0.05) is 0 Å². The Bertz CT molecular complexity index is 581. The summed E-state index contributed by atoms with van der Waals surface area (Å²) in [4.78, 5) is 2.40. The topological polar surface area (TPSA) is 64.5 Å². The summed E-state index contributed by atoms with van der Waals surface area (Å²) in [6.45, 7) is 4.74. The van der Waals surface area contributed by atoms with Crippen LogP contribution in [0.1, 0.15) is 24.0 Å². The van der Waals surface area contributed by atoms with Crippen LogP contribution in [-0.4, -0.2) is 40.4 Å². The molecule has 21 heavy (non-hydrogen) atoms. The molecule has 0 radical (unpaired) electrons. The van der Waals surface area contributed by atoms with Crippen molar-refractivity contribution in [2.45, 2.75) is 38.5 Å². The summed E-state index contributed by atoms with van der Waals surface area (Å²) in [7, 11) is 0. The van der Waals surface area contributed by atoms with Gasteiger partial charge in [0.2, 0.25) is 11.8 Å². The van der Waals surface area contributed by atoms with Gasteiger partial charge >= 0.3 is 0 Å². The number of hydrogen-bond donors (Lipinski definition) is 0. The molecule has 6 nitrogen and oxygen atoms in total. The van der Waals surface area contributed by atoms with E-state index in [2.05, 4.69) is 15.1 Å². The van der Waals surface area contributed by atoms with Crippen molar-refractivity contribution in [3.8, 4) is 0 Å². The van der Waals surface area contributed by atoms with Crippen LogP contribution in [0.2, 0.25) is 0 Å². The van der Waals surface area contributed by atoms with E-state index in [1.165, 1.54) is 0 Å². The molecular formula is C15H19N3O3. The molecule has 2 aliphatic heterocycles. The van der Waals surface area contributed by atoms with Crippen LogP contribution in [0.5, 0.6) is 0 Å². The maximum Gasteiger partial charge on any atom is 0.219 e. The normalized spacial score (nSPS) is 29.1. The van der Waals surface area contributed by atoms with Crippen LogP contribution in [0.15, 0.2) is 27.2 Å². The second-order valence-electron chi connectivity index (χ2n) is 5.98. The van der Waals surface area contributed by atoms with Gasteiger partial charge in [0.05, 0.1) is 31.4 Å². The standard InChI is InChI=1S/C15H19N3O3/c1-10-16-17-15(20-10)6-13-5-11-7-18(9-14(11)21-13)8-12-3-2-4-19-12/h2-4,11,13-14H,5-9H2,1H3/t11-,13+,14+/m0/s1. The first-order valence-corrected chi connectivity index (χ1v) is 7.45. The molecule has 4 heterocycles. The van der Waals surface area contributed by atoms with Crippen molar-refractivity contribution in [1.82, 2.24) is 15.1 Å². The predicted molar refractivity (Wildman–Crippen MR) is 73.5 cm³/mol. The number of hydrogen-bond acceptors (Lipinski definition) is 6. The van der Waals surface area contributed by atoms with Crippen LogP contribution in [0.4, 0.5) is 0 Å². The molecule has 2 aromatic rings. The van der Waals surface area contributed by atoms with E-state index in [1.807, 2.05) is 19.1 Å². The largest absolute Gasteiger partial charge is 0.468 e. The highest BCUT2D eigenvalue weighted by atomic mass is 16.5. The Morgan fingerprint density at radius 2 is 2.29 bits per heavy atom. The fourth-order valence-electron chi connectivity index (χ4n) is 3.45. The average Bonchev–Trinajstić information content (AvgIpc) is 3.16. The number of fused-ring (bicyclic) bond motifs is 1. The highest BCUT2D eigenvalue weighted by Gasteiger charge is 2.42. The Labute approximate surface area is 123 Å². The molecule has 2 aromatic heterocycles. The molecule has 6 heteroatoms. The fourth-order valence-corrected chi connectivity index (χ4v) is 3.45. The van der Waals surface area contributed by atoms with Crippen molar-refractivity contribution in [3.05, 3.63) is 35.9 Å². The van der Waals surface area contributed by atoms with Gasteiger partial charge in [-0.25, -0.2) is 0 Å². The molecule has 2 saturated heterocycles. The smallest absolute Gasteiger partial charge is 0.219 e. The summed E-state index contributed by atoms with van der Waals surface area (Å²) in [5.74, 6) is 2.93. The maximum atomic E-state index is 6.15. The molecule has 0 unspecified atom stereocenters. The average molecular weight is 289 g/mol. The lowest BCUT2D eigenvalue weighted by molar-refractivity contribution is 0.0344. The molecule has 0 aromatic carbocycles. The second-order valence-corrected chi connectivity index (χ2v) is 5.98. The minimum absolute atomic E-state index is 0.214. The minimum atomic E-state index is 0.214. The second kappa shape index (κ2) is 5.27. The molecule has 0 aliphatic carbocycles. The van der Waals surface area contributed by atoms with Crippen molar-refractivity contribution >= 4 is 0 Å². The van der Waals surface area contributed by atoms with E-state index in [4.69, 9.17) is 13.6 Å². The summed E-state index contributed by atoms with van der Waals surface area (Å²) < 4.78 is 17.0. The lowest BCUT2D eigenvalue weighted by atomic mass is 10.0. The van der Waals surface area contributed by atoms with Crippen LogP contribution in [0.3, 0.4) is 0 Å². The van der Waals surface area contributed by atoms with Crippen molar-refractivity contribution < 1.29 is 13.6 Å². The van der Waals surface area contributed by atoms with E-state index >= 15 is 0 Å². The quantitative estimate of drug-likeness (QED) is 0.855. The van der Waals surface area contributed by atoms with Gasteiger partial charge in [0.25, 0.3) is 0 Å². The molecule has 0 spiro atoms. The molecule has 0 N–H and O–H groups in total. The zero-order valence-corrected chi connectivity index (χ0v) is 12.1. The SMILES string of the molecule is Cc1nnc(C[C@H]2C[C@H]3CN(Cc4ccco4)C[C@H]3O2)o1. The van der Waals surface area contributed by atoms with E-state index in [1.54, 1.807) is 6.26 Å². The first-order chi connectivity index (χ1) is 10.3. The predicted octanol–water partition coefficient (Wildman–Crippen LogP) is 1.80. The lowest BCUT2D eigenvalue weighted by Crippen LogP contribution is -2.25. The highest BCUT2D eigenvalue weighted by Crippen LogP contribution is 2.34. The van der Waals surface area contributed by atoms with Gasteiger partial charge in [-0.05, 0) is 18.6 Å². The number of aryl methyl sites for hydroxylation is 1. The fraction of sp³-hybridized carbons (Fsp3) is 0.600. The highest BCUT2D eigenvalue weighted by molar-refractivity contribution is 5.01. The van der Waals surface area contributed by atoms with Crippen molar-refractivity contribution in [2.75, 3.05) is 13.1 Å². The third kappa shape index (κ3) is 2.73. The van der Waals surface area contributed by atoms with E-state index in [9.17, 15) is 0 Å². The number of ether oxygens (including phenoxy) is 1. The first-order valence-electron chi connectivity index (χ1n) is 7.45. The number of likely N-dealkylation sites (tertiary alicyclic amines) is 1. The number of nitrogens with zero attached hydrogens (tertiary/aromatic N) is 3. The maximum absolute atomic E-state index is 6.15. The zero-order chi connectivity index (χ0) is 14.2. The summed E-state index contributed by atoms with van der Waals surface area (Å²) in [5, 5.41) is 7.91. The van der Waals surface area contributed by atoms with Crippen LogP contribution in [0.25, 0.3) is 0 Å². The van der Waals surface area contributed by atoms with Gasteiger partial charge in [0.15, 0.2) is 0 Å². The van der Waals surface area contributed by atoms with E-state index in [-0.39, 0.29) is 6.10 Å². The van der Waals surface area contributed by atoms with Crippen LogP contribution in [0, 0.1) is 12.8 Å². The Hall–Kier alpha value is -1.66. The summed E-state index contributed by atoms with van der Waals surface area (Å²) in [5.41, 5.74) is 0. The Balaban J connectivity index is 1.31. The monoisotopic (exact) mass is 289 g/mol. The molecule has 0 amide bonds. The van der Waals surface area contributed by atoms with Gasteiger partial charge in [0, 0.05) is 25.9 Å². The van der Waals surface area contributed by atoms with E-state index < -0.39 is 0 Å². The summed E-state index contributed by atoms with van der Waals surface area (Å²) >= 11 is 0. The van der Waals surface area contributed by atoms with Gasteiger partial charge in [-0.2, -0.15) is 0 Å². The minimum Gasteiger partial charge on any atom is -0.468 e. The molecular weight excluding hydrogens is 270 g/mol. The summed E-state index contributed by atoms with van der Waals surface area (Å²) in [6, 6.07) is 3.96. The molecule has 0 saturated carbocycles.